The Bertz CT molecular complexity index is 1210. The van der Waals surface area contributed by atoms with E-state index in [4.69, 9.17) is 4.74 Å². The minimum Gasteiger partial charge on any atom is -0.374 e. The summed E-state index contributed by atoms with van der Waals surface area (Å²) >= 11 is 0. The molecule has 2 aromatic heterocycles. The van der Waals surface area contributed by atoms with Crippen molar-refractivity contribution < 1.29 is 17.9 Å². The van der Waals surface area contributed by atoms with Crippen LogP contribution in [0.1, 0.15) is 35.2 Å². The lowest BCUT2D eigenvalue weighted by Crippen LogP contribution is -2.35. The van der Waals surface area contributed by atoms with E-state index in [1.54, 1.807) is 59.4 Å². The molecule has 9 heteroatoms. The quantitative estimate of drug-likeness (QED) is 0.657. The van der Waals surface area contributed by atoms with Crippen LogP contribution in [-0.2, 0) is 21.3 Å². The van der Waals surface area contributed by atoms with E-state index in [1.165, 1.54) is 4.31 Å². The van der Waals surface area contributed by atoms with Gasteiger partial charge in [0.2, 0.25) is 10.0 Å². The summed E-state index contributed by atoms with van der Waals surface area (Å²) < 4.78 is 35.2. The van der Waals surface area contributed by atoms with Gasteiger partial charge in [0.05, 0.1) is 16.1 Å². The molecule has 3 aromatic rings. The van der Waals surface area contributed by atoms with E-state index in [0.29, 0.717) is 31.8 Å². The molecule has 1 spiro atoms. The van der Waals surface area contributed by atoms with E-state index in [-0.39, 0.29) is 16.4 Å². The molecule has 0 saturated carbocycles. The SMILES string of the molecule is O=C(NCc1ccc(S(=O)(=O)N2CCC3(CCCO3)C2)cc1)c1ccc2nccn2c1. The average molecular weight is 441 g/mol. The number of fused-ring (bicyclic) bond motifs is 1. The second-order valence-electron chi connectivity index (χ2n) is 8.16. The van der Waals surface area contributed by atoms with Gasteiger partial charge in [0.1, 0.15) is 5.65 Å². The van der Waals surface area contributed by atoms with E-state index >= 15 is 0 Å². The number of ether oxygens (including phenoxy) is 1. The van der Waals surface area contributed by atoms with Crippen molar-refractivity contribution in [3.63, 3.8) is 0 Å². The second-order valence-corrected chi connectivity index (χ2v) is 10.1. The van der Waals surface area contributed by atoms with Gasteiger partial charge in [-0.2, -0.15) is 4.31 Å². The largest absolute Gasteiger partial charge is 0.374 e. The normalized spacial score (nSPS) is 21.8. The lowest BCUT2D eigenvalue weighted by molar-refractivity contribution is 0.0175. The molecule has 4 heterocycles. The maximum atomic E-state index is 13.0. The van der Waals surface area contributed by atoms with Crippen LogP contribution in [0.4, 0.5) is 0 Å². The number of amides is 1. The molecule has 0 aliphatic carbocycles. The first-order valence-corrected chi connectivity index (χ1v) is 11.8. The van der Waals surface area contributed by atoms with Gasteiger partial charge in [0.25, 0.3) is 5.91 Å². The van der Waals surface area contributed by atoms with Crippen LogP contribution in [0.15, 0.2) is 59.9 Å². The van der Waals surface area contributed by atoms with E-state index in [0.717, 1.165) is 30.5 Å². The molecular formula is C22H24N4O4S. The van der Waals surface area contributed by atoms with E-state index in [1.807, 2.05) is 0 Å². The fourth-order valence-corrected chi connectivity index (χ4v) is 5.87. The number of hydrogen-bond acceptors (Lipinski definition) is 5. The Morgan fingerprint density at radius 3 is 2.77 bits per heavy atom. The third-order valence-electron chi connectivity index (χ3n) is 6.13. The molecule has 1 unspecified atom stereocenters. The number of imidazole rings is 1. The van der Waals surface area contributed by atoms with Crippen LogP contribution >= 0.6 is 0 Å². The molecular weight excluding hydrogens is 416 g/mol. The van der Waals surface area contributed by atoms with Crippen LogP contribution in [0.25, 0.3) is 5.65 Å². The minimum atomic E-state index is -3.55. The zero-order chi connectivity index (χ0) is 21.5. The van der Waals surface area contributed by atoms with Crippen molar-refractivity contribution in [3.05, 3.63) is 66.1 Å². The second kappa shape index (κ2) is 7.74. The highest BCUT2D eigenvalue weighted by molar-refractivity contribution is 7.89. The van der Waals surface area contributed by atoms with Gasteiger partial charge >= 0.3 is 0 Å². The molecule has 2 fully saturated rings. The molecule has 1 amide bonds. The van der Waals surface area contributed by atoms with Crippen molar-refractivity contribution in [3.8, 4) is 0 Å². The number of benzene rings is 1. The van der Waals surface area contributed by atoms with Gasteiger partial charge in [0, 0.05) is 44.8 Å². The predicted octanol–water partition coefficient (Wildman–Crippen LogP) is 2.21. The fraction of sp³-hybridized carbons (Fsp3) is 0.364. The summed E-state index contributed by atoms with van der Waals surface area (Å²) in [4.78, 5) is 16.9. The standard InChI is InChI=1S/C22H24N4O4S/c27-21(18-4-7-20-23-10-12-25(20)15-18)24-14-17-2-5-19(6-3-17)31(28,29)26-11-9-22(16-26)8-1-13-30-22/h2-7,10,12,15H,1,8-9,11,13-14,16H2,(H,24,27). The smallest absolute Gasteiger partial charge is 0.253 e. The van der Waals surface area contributed by atoms with E-state index in [9.17, 15) is 13.2 Å². The van der Waals surface area contributed by atoms with Crippen molar-refractivity contribution in [1.82, 2.24) is 19.0 Å². The van der Waals surface area contributed by atoms with Crippen LogP contribution in [0, 0.1) is 0 Å². The third-order valence-corrected chi connectivity index (χ3v) is 7.99. The number of nitrogens with one attached hydrogen (secondary N) is 1. The fourth-order valence-electron chi connectivity index (χ4n) is 4.36. The maximum absolute atomic E-state index is 13.0. The number of rotatable bonds is 5. The van der Waals surface area contributed by atoms with Crippen molar-refractivity contribution in [2.75, 3.05) is 19.7 Å². The number of nitrogens with zero attached hydrogens (tertiary/aromatic N) is 3. The summed E-state index contributed by atoms with van der Waals surface area (Å²) in [5, 5.41) is 2.87. The average Bonchev–Trinajstić information content (AvgIpc) is 3.54. The van der Waals surface area contributed by atoms with Gasteiger partial charge in [0.15, 0.2) is 0 Å². The predicted molar refractivity (Wildman–Crippen MR) is 114 cm³/mol. The van der Waals surface area contributed by atoms with Crippen molar-refractivity contribution in [2.24, 2.45) is 0 Å². The van der Waals surface area contributed by atoms with Gasteiger partial charge in [-0.3, -0.25) is 4.79 Å². The van der Waals surface area contributed by atoms with Gasteiger partial charge in [-0.05, 0) is 49.1 Å². The van der Waals surface area contributed by atoms with E-state index in [2.05, 4.69) is 10.3 Å². The highest BCUT2D eigenvalue weighted by Crippen LogP contribution is 2.37. The Labute approximate surface area is 180 Å². The Morgan fingerprint density at radius 1 is 1.16 bits per heavy atom. The summed E-state index contributed by atoms with van der Waals surface area (Å²) in [6.45, 7) is 1.93. The summed E-state index contributed by atoms with van der Waals surface area (Å²) in [5.74, 6) is -0.203. The number of carbonyl (C=O) groups excluding carboxylic acids is 1. The van der Waals surface area contributed by atoms with Crippen molar-refractivity contribution in [2.45, 2.75) is 36.3 Å². The van der Waals surface area contributed by atoms with Gasteiger partial charge in [-0.15, -0.1) is 0 Å². The molecule has 2 aliphatic rings. The van der Waals surface area contributed by atoms with Crippen LogP contribution in [-0.4, -0.2) is 53.3 Å². The van der Waals surface area contributed by atoms with E-state index < -0.39 is 10.0 Å². The number of sulfonamides is 1. The summed E-state index contributed by atoms with van der Waals surface area (Å²) in [6, 6.07) is 10.2. The molecule has 2 saturated heterocycles. The third kappa shape index (κ3) is 3.84. The summed E-state index contributed by atoms with van der Waals surface area (Å²) in [6.07, 6.45) is 7.85. The van der Waals surface area contributed by atoms with Gasteiger partial charge < -0.3 is 14.5 Å². The summed E-state index contributed by atoms with van der Waals surface area (Å²) in [5.41, 5.74) is 1.84. The molecule has 2 aliphatic heterocycles. The van der Waals surface area contributed by atoms with Crippen LogP contribution in [0.2, 0.25) is 0 Å². The number of aromatic nitrogens is 2. The first kappa shape index (κ1) is 20.2. The number of hydrogen-bond donors (Lipinski definition) is 1. The monoisotopic (exact) mass is 440 g/mol. The topological polar surface area (TPSA) is 93.0 Å². The molecule has 1 aromatic carbocycles. The summed E-state index contributed by atoms with van der Waals surface area (Å²) in [7, 11) is -3.55. The lowest BCUT2D eigenvalue weighted by Gasteiger charge is -2.23. The van der Waals surface area contributed by atoms with Crippen LogP contribution < -0.4 is 5.32 Å². The lowest BCUT2D eigenvalue weighted by atomic mass is 10.00. The zero-order valence-corrected chi connectivity index (χ0v) is 17.8. The molecule has 162 valence electrons. The Hall–Kier alpha value is -2.75. The Morgan fingerprint density at radius 2 is 2.00 bits per heavy atom. The maximum Gasteiger partial charge on any atom is 0.253 e. The molecule has 8 nitrogen and oxygen atoms in total. The van der Waals surface area contributed by atoms with Gasteiger partial charge in [-0.1, -0.05) is 12.1 Å². The highest BCUT2D eigenvalue weighted by Gasteiger charge is 2.45. The molecule has 31 heavy (non-hydrogen) atoms. The highest BCUT2D eigenvalue weighted by atomic mass is 32.2. The Balaban J connectivity index is 1.23. The number of carbonyl (C=O) groups is 1. The van der Waals surface area contributed by atoms with Crippen LogP contribution in [0.5, 0.6) is 0 Å². The molecule has 1 atom stereocenters. The number of pyridine rings is 1. The van der Waals surface area contributed by atoms with Gasteiger partial charge in [-0.25, -0.2) is 13.4 Å². The molecule has 0 radical (unpaired) electrons. The van der Waals surface area contributed by atoms with Crippen LogP contribution in [0.3, 0.4) is 0 Å². The minimum absolute atomic E-state index is 0.203. The molecule has 1 N–H and O–H groups in total. The molecule has 0 bridgehead atoms. The van der Waals surface area contributed by atoms with Crippen molar-refractivity contribution in [1.29, 1.82) is 0 Å². The zero-order valence-electron chi connectivity index (χ0n) is 17.0. The van der Waals surface area contributed by atoms with Crippen molar-refractivity contribution >= 4 is 21.6 Å². The Kier molecular flexibility index (Phi) is 5.04. The first-order valence-electron chi connectivity index (χ1n) is 10.4. The molecule has 5 rings (SSSR count). The first-order chi connectivity index (χ1) is 15.0.